The number of hydrogen-bond acceptors (Lipinski definition) is 5. The van der Waals surface area contributed by atoms with Crippen LogP contribution in [0.25, 0.3) is 55.0 Å². The number of furan rings is 2. The van der Waals surface area contributed by atoms with Gasteiger partial charge >= 0.3 is 0 Å². The third-order valence-electron chi connectivity index (χ3n) is 8.74. The van der Waals surface area contributed by atoms with E-state index in [1.807, 2.05) is 48.5 Å². The SMILES string of the molecule is CN1C(c2ccc(-c3ccccc3)c3oc4ccccc4c23)=NC(c2ccc3oc4ccccc4c3c2)=NC1c1ccccc1. The van der Waals surface area contributed by atoms with Gasteiger partial charge in [-0.25, -0.2) is 9.98 Å². The quantitative estimate of drug-likeness (QED) is 0.208. The van der Waals surface area contributed by atoms with Crippen LogP contribution in [0.1, 0.15) is 22.9 Å². The van der Waals surface area contributed by atoms with Crippen molar-refractivity contribution in [2.24, 2.45) is 9.98 Å². The number of nitrogens with zero attached hydrogens (tertiary/aromatic N) is 3. The maximum absolute atomic E-state index is 6.59. The average molecular weight is 582 g/mol. The first-order valence-electron chi connectivity index (χ1n) is 15.1. The van der Waals surface area contributed by atoms with Crippen LogP contribution in [-0.4, -0.2) is 23.6 Å². The Kier molecular flexibility index (Phi) is 5.72. The van der Waals surface area contributed by atoms with Crippen molar-refractivity contribution in [3.8, 4) is 11.1 Å². The minimum atomic E-state index is -0.271. The van der Waals surface area contributed by atoms with Gasteiger partial charge in [0.15, 0.2) is 5.84 Å². The van der Waals surface area contributed by atoms with E-state index in [1.165, 1.54) is 0 Å². The molecule has 0 fully saturated rings. The molecule has 0 spiro atoms. The number of amidine groups is 2. The summed E-state index contributed by atoms with van der Waals surface area (Å²) >= 11 is 0. The zero-order valence-corrected chi connectivity index (χ0v) is 24.5. The summed E-state index contributed by atoms with van der Waals surface area (Å²) in [5.41, 5.74) is 8.61. The van der Waals surface area contributed by atoms with Gasteiger partial charge in [-0.3, -0.25) is 0 Å². The van der Waals surface area contributed by atoms with E-state index >= 15 is 0 Å². The standard InChI is InChI=1S/C40H27N3O2/c1-43-39(26-14-6-3-7-15-26)41-38(27-20-23-35-32(24-27)29-16-8-10-18-33(29)44-35)42-40(43)31-22-21-28(25-12-4-2-5-13-25)37-36(31)30-17-9-11-19-34(30)45-37/h2-24,39H,1H3. The van der Waals surface area contributed by atoms with Gasteiger partial charge < -0.3 is 13.7 Å². The van der Waals surface area contributed by atoms with Gasteiger partial charge in [-0.15, -0.1) is 0 Å². The van der Waals surface area contributed by atoms with Crippen LogP contribution in [0.3, 0.4) is 0 Å². The monoisotopic (exact) mass is 581 g/mol. The van der Waals surface area contributed by atoms with Gasteiger partial charge in [0, 0.05) is 45.3 Å². The van der Waals surface area contributed by atoms with E-state index in [0.29, 0.717) is 5.84 Å². The van der Waals surface area contributed by atoms with Crippen LogP contribution in [0.2, 0.25) is 0 Å². The minimum absolute atomic E-state index is 0.271. The molecule has 3 heterocycles. The Morgan fingerprint density at radius 3 is 2.00 bits per heavy atom. The highest BCUT2D eigenvalue weighted by Crippen LogP contribution is 2.40. The Balaban J connectivity index is 1.29. The molecule has 5 heteroatoms. The lowest BCUT2D eigenvalue weighted by Gasteiger charge is -2.32. The second-order valence-electron chi connectivity index (χ2n) is 11.4. The molecule has 45 heavy (non-hydrogen) atoms. The van der Waals surface area contributed by atoms with Crippen molar-refractivity contribution in [2.75, 3.05) is 7.05 Å². The fraction of sp³-hybridized carbons (Fsp3) is 0.0500. The Labute approximate surface area is 259 Å². The summed E-state index contributed by atoms with van der Waals surface area (Å²) in [6.45, 7) is 0. The normalized spacial score (nSPS) is 15.2. The molecule has 214 valence electrons. The lowest BCUT2D eigenvalue weighted by Crippen LogP contribution is -2.35. The maximum atomic E-state index is 6.59. The van der Waals surface area contributed by atoms with Crippen LogP contribution in [0.4, 0.5) is 0 Å². The third-order valence-corrected chi connectivity index (χ3v) is 8.74. The molecule has 0 aliphatic carbocycles. The Morgan fingerprint density at radius 2 is 1.20 bits per heavy atom. The number of aliphatic imine (C=N–C) groups is 2. The molecular weight excluding hydrogens is 554 g/mol. The van der Waals surface area contributed by atoms with Crippen LogP contribution in [0.5, 0.6) is 0 Å². The summed E-state index contributed by atoms with van der Waals surface area (Å²) in [7, 11) is 2.07. The van der Waals surface area contributed by atoms with Crippen molar-refractivity contribution in [1.29, 1.82) is 0 Å². The first kappa shape index (κ1) is 25.5. The van der Waals surface area contributed by atoms with E-state index in [9.17, 15) is 0 Å². The molecule has 0 N–H and O–H groups in total. The van der Waals surface area contributed by atoms with Crippen LogP contribution in [0.15, 0.2) is 158 Å². The highest BCUT2D eigenvalue weighted by molar-refractivity contribution is 6.23. The third kappa shape index (κ3) is 4.09. The predicted octanol–water partition coefficient (Wildman–Crippen LogP) is 9.99. The molecule has 0 radical (unpaired) electrons. The summed E-state index contributed by atoms with van der Waals surface area (Å²) in [5, 5.41) is 4.23. The van der Waals surface area contributed by atoms with Crippen LogP contribution >= 0.6 is 0 Å². The Morgan fingerprint density at radius 1 is 0.556 bits per heavy atom. The highest BCUT2D eigenvalue weighted by atomic mass is 16.3. The molecule has 1 aliphatic rings. The van der Waals surface area contributed by atoms with Crippen LogP contribution in [-0.2, 0) is 0 Å². The maximum Gasteiger partial charge on any atom is 0.159 e. The molecule has 2 aromatic heterocycles. The zero-order valence-electron chi connectivity index (χ0n) is 24.5. The molecular formula is C40H27N3O2. The number of hydrogen-bond donors (Lipinski definition) is 0. The minimum Gasteiger partial charge on any atom is -0.456 e. The van der Waals surface area contributed by atoms with E-state index in [-0.39, 0.29) is 6.17 Å². The molecule has 1 atom stereocenters. The van der Waals surface area contributed by atoms with Gasteiger partial charge in [0.05, 0.1) is 0 Å². The van der Waals surface area contributed by atoms with E-state index < -0.39 is 0 Å². The van der Waals surface area contributed by atoms with Crippen molar-refractivity contribution in [3.63, 3.8) is 0 Å². The Hall–Kier alpha value is -5.94. The number of rotatable bonds is 4. The predicted molar refractivity (Wildman–Crippen MR) is 183 cm³/mol. The number of fused-ring (bicyclic) bond motifs is 6. The molecule has 9 rings (SSSR count). The second kappa shape index (κ2) is 10.1. The molecule has 8 aromatic rings. The van der Waals surface area contributed by atoms with E-state index in [4.69, 9.17) is 18.8 Å². The van der Waals surface area contributed by atoms with Gasteiger partial charge in [-0.05, 0) is 53.6 Å². The summed E-state index contributed by atoms with van der Waals surface area (Å²) < 4.78 is 12.7. The second-order valence-corrected chi connectivity index (χ2v) is 11.4. The number of para-hydroxylation sites is 2. The van der Waals surface area contributed by atoms with E-state index in [1.54, 1.807) is 0 Å². The summed E-state index contributed by atoms with van der Waals surface area (Å²) in [6.07, 6.45) is -0.271. The lowest BCUT2D eigenvalue weighted by atomic mass is 9.97. The van der Waals surface area contributed by atoms with Crippen molar-refractivity contribution >= 4 is 55.5 Å². The van der Waals surface area contributed by atoms with Crippen LogP contribution < -0.4 is 0 Å². The molecule has 6 aromatic carbocycles. The van der Waals surface area contributed by atoms with Crippen LogP contribution in [0, 0.1) is 0 Å². The molecule has 1 unspecified atom stereocenters. The van der Waals surface area contributed by atoms with Crippen molar-refractivity contribution in [1.82, 2.24) is 4.90 Å². The largest absolute Gasteiger partial charge is 0.456 e. The molecule has 0 amide bonds. The fourth-order valence-corrected chi connectivity index (χ4v) is 6.56. The molecule has 0 saturated heterocycles. The van der Waals surface area contributed by atoms with Gasteiger partial charge in [0.25, 0.3) is 0 Å². The van der Waals surface area contributed by atoms with Gasteiger partial charge in [-0.1, -0.05) is 97.1 Å². The van der Waals surface area contributed by atoms with Crippen molar-refractivity contribution in [3.05, 3.63) is 156 Å². The smallest absolute Gasteiger partial charge is 0.159 e. The topological polar surface area (TPSA) is 54.2 Å². The summed E-state index contributed by atoms with van der Waals surface area (Å²) in [4.78, 5) is 12.7. The summed E-state index contributed by atoms with van der Waals surface area (Å²) in [6, 6.07) is 47.7. The highest BCUT2D eigenvalue weighted by Gasteiger charge is 2.29. The first-order valence-corrected chi connectivity index (χ1v) is 15.1. The Bertz CT molecular complexity index is 2450. The first-order chi connectivity index (χ1) is 22.2. The van der Waals surface area contributed by atoms with E-state index in [2.05, 4.69) is 103 Å². The molecule has 0 bridgehead atoms. The van der Waals surface area contributed by atoms with Crippen molar-refractivity contribution in [2.45, 2.75) is 6.17 Å². The zero-order chi connectivity index (χ0) is 29.9. The van der Waals surface area contributed by atoms with Gasteiger partial charge in [0.1, 0.15) is 34.3 Å². The average Bonchev–Trinajstić information content (AvgIpc) is 3.67. The summed E-state index contributed by atoms with van der Waals surface area (Å²) in [5.74, 6) is 1.51. The lowest BCUT2D eigenvalue weighted by molar-refractivity contribution is 0.383. The van der Waals surface area contributed by atoms with Crippen molar-refractivity contribution < 1.29 is 8.83 Å². The number of benzene rings is 6. The van der Waals surface area contributed by atoms with Gasteiger partial charge in [0.2, 0.25) is 0 Å². The fourth-order valence-electron chi connectivity index (χ4n) is 6.56. The van der Waals surface area contributed by atoms with E-state index in [0.717, 1.165) is 77.5 Å². The molecule has 1 aliphatic heterocycles. The molecule has 5 nitrogen and oxygen atoms in total. The molecule has 0 saturated carbocycles. The van der Waals surface area contributed by atoms with Gasteiger partial charge in [-0.2, -0.15) is 0 Å².